The number of likely N-dealkylation sites (tertiary alicyclic amines) is 1. The van der Waals surface area contributed by atoms with E-state index in [1.807, 2.05) is 6.92 Å². The second-order valence-corrected chi connectivity index (χ2v) is 7.10. The third-order valence-corrected chi connectivity index (χ3v) is 5.01. The van der Waals surface area contributed by atoms with Gasteiger partial charge in [0.2, 0.25) is 5.91 Å². The van der Waals surface area contributed by atoms with Gasteiger partial charge in [-0.3, -0.25) is 9.59 Å². The molecule has 0 aliphatic carbocycles. The minimum atomic E-state index is -0.492. The summed E-state index contributed by atoms with van der Waals surface area (Å²) in [5.41, 5.74) is 2.47. The lowest BCUT2D eigenvalue weighted by molar-refractivity contribution is -0.122. The number of amides is 2. The van der Waals surface area contributed by atoms with E-state index >= 15 is 0 Å². The number of hydrogen-bond donors (Lipinski definition) is 1. The molecule has 3 rings (SSSR count). The summed E-state index contributed by atoms with van der Waals surface area (Å²) in [7, 11) is 0. The van der Waals surface area contributed by atoms with Gasteiger partial charge in [-0.2, -0.15) is 0 Å². The maximum atomic E-state index is 13.8. The van der Waals surface area contributed by atoms with Gasteiger partial charge in [-0.1, -0.05) is 42.0 Å². The number of nitrogens with one attached hydrogen (secondary N) is 1. The summed E-state index contributed by atoms with van der Waals surface area (Å²) >= 11 is 0. The molecule has 1 saturated heterocycles. The maximum Gasteiger partial charge on any atom is 0.256 e. The molecule has 27 heavy (non-hydrogen) atoms. The third kappa shape index (κ3) is 5.16. The molecule has 2 amide bonds. The van der Waals surface area contributed by atoms with Crippen molar-refractivity contribution in [2.24, 2.45) is 0 Å². The van der Waals surface area contributed by atoms with Crippen molar-refractivity contribution >= 4 is 11.8 Å². The zero-order valence-electron chi connectivity index (χ0n) is 15.6. The second kappa shape index (κ2) is 8.80. The summed E-state index contributed by atoms with van der Waals surface area (Å²) in [5.74, 6) is -0.735. The Morgan fingerprint density at radius 1 is 1.07 bits per heavy atom. The number of aryl methyl sites for hydroxylation is 2. The average Bonchev–Trinajstić information content (AvgIpc) is 2.68. The van der Waals surface area contributed by atoms with Gasteiger partial charge in [0.25, 0.3) is 5.91 Å². The molecule has 1 N–H and O–H groups in total. The number of halogens is 1. The number of carbonyl (C=O) groups excluding carboxylic acids is 2. The Bertz CT molecular complexity index is 796. The molecular formula is C22H25FN2O2. The van der Waals surface area contributed by atoms with Crippen LogP contribution >= 0.6 is 0 Å². The fourth-order valence-electron chi connectivity index (χ4n) is 3.34. The van der Waals surface area contributed by atoms with Crippen LogP contribution in [0.2, 0.25) is 0 Å². The van der Waals surface area contributed by atoms with E-state index in [2.05, 4.69) is 29.6 Å². The Morgan fingerprint density at radius 2 is 1.74 bits per heavy atom. The molecule has 2 aromatic carbocycles. The van der Waals surface area contributed by atoms with Gasteiger partial charge in [-0.05, 0) is 43.9 Å². The molecule has 5 heteroatoms. The highest BCUT2D eigenvalue weighted by molar-refractivity contribution is 5.94. The number of nitrogens with zero attached hydrogens (tertiary/aromatic N) is 1. The minimum Gasteiger partial charge on any atom is -0.353 e. The number of piperidine rings is 1. The number of benzene rings is 2. The summed E-state index contributed by atoms with van der Waals surface area (Å²) in [6.45, 7) is 3.09. The largest absolute Gasteiger partial charge is 0.353 e. The molecule has 4 nitrogen and oxygen atoms in total. The summed E-state index contributed by atoms with van der Waals surface area (Å²) in [6.07, 6.45) is 2.56. The van der Waals surface area contributed by atoms with E-state index in [1.165, 1.54) is 17.7 Å². The molecule has 2 aromatic rings. The van der Waals surface area contributed by atoms with Crippen LogP contribution in [-0.2, 0) is 11.2 Å². The SMILES string of the molecule is Cc1ccc(CCC(=O)NC2CCN(C(=O)c3ccccc3F)CC2)cc1. The molecule has 1 aliphatic heterocycles. The summed E-state index contributed by atoms with van der Waals surface area (Å²) in [5, 5.41) is 3.06. The first-order chi connectivity index (χ1) is 13.0. The van der Waals surface area contributed by atoms with Gasteiger partial charge in [0, 0.05) is 25.6 Å². The van der Waals surface area contributed by atoms with Crippen molar-refractivity contribution in [2.75, 3.05) is 13.1 Å². The molecule has 0 radical (unpaired) electrons. The molecule has 1 heterocycles. The molecular weight excluding hydrogens is 343 g/mol. The molecule has 0 spiro atoms. The van der Waals surface area contributed by atoms with E-state index < -0.39 is 5.82 Å². The molecule has 0 atom stereocenters. The van der Waals surface area contributed by atoms with Gasteiger partial charge in [0.1, 0.15) is 5.82 Å². The van der Waals surface area contributed by atoms with Crippen LogP contribution in [-0.4, -0.2) is 35.8 Å². The Hall–Kier alpha value is -2.69. The van der Waals surface area contributed by atoms with Crippen molar-refractivity contribution in [3.8, 4) is 0 Å². The van der Waals surface area contributed by atoms with E-state index in [0.717, 1.165) is 12.0 Å². The third-order valence-electron chi connectivity index (χ3n) is 5.01. The number of hydrogen-bond acceptors (Lipinski definition) is 2. The monoisotopic (exact) mass is 368 g/mol. The van der Waals surface area contributed by atoms with Crippen LogP contribution in [0.5, 0.6) is 0 Å². The zero-order chi connectivity index (χ0) is 19.2. The van der Waals surface area contributed by atoms with Crippen molar-refractivity contribution in [3.63, 3.8) is 0 Å². The van der Waals surface area contributed by atoms with E-state index in [9.17, 15) is 14.0 Å². The average molecular weight is 368 g/mol. The van der Waals surface area contributed by atoms with Crippen molar-refractivity contribution in [1.82, 2.24) is 10.2 Å². The van der Waals surface area contributed by atoms with E-state index in [1.54, 1.807) is 17.0 Å². The van der Waals surface area contributed by atoms with Gasteiger partial charge in [-0.15, -0.1) is 0 Å². The highest BCUT2D eigenvalue weighted by Crippen LogP contribution is 2.16. The summed E-state index contributed by atoms with van der Waals surface area (Å²) < 4.78 is 13.8. The lowest BCUT2D eigenvalue weighted by atomic mass is 10.0. The zero-order valence-corrected chi connectivity index (χ0v) is 15.6. The van der Waals surface area contributed by atoms with Crippen molar-refractivity contribution < 1.29 is 14.0 Å². The lowest BCUT2D eigenvalue weighted by Crippen LogP contribution is -2.46. The number of carbonyl (C=O) groups is 2. The summed E-state index contributed by atoms with van der Waals surface area (Å²) in [6, 6.07) is 14.3. The second-order valence-electron chi connectivity index (χ2n) is 7.10. The molecule has 1 fully saturated rings. The fraction of sp³-hybridized carbons (Fsp3) is 0.364. The summed E-state index contributed by atoms with van der Waals surface area (Å²) in [4.78, 5) is 26.3. The van der Waals surface area contributed by atoms with Gasteiger partial charge < -0.3 is 10.2 Å². The van der Waals surface area contributed by atoms with Gasteiger partial charge in [0.15, 0.2) is 0 Å². The molecule has 0 unspecified atom stereocenters. The van der Waals surface area contributed by atoms with Crippen molar-refractivity contribution in [2.45, 2.75) is 38.6 Å². The lowest BCUT2D eigenvalue weighted by Gasteiger charge is -2.32. The topological polar surface area (TPSA) is 49.4 Å². The Labute approximate surface area is 159 Å². The van der Waals surface area contributed by atoms with Crippen LogP contribution in [0.25, 0.3) is 0 Å². The Morgan fingerprint density at radius 3 is 2.41 bits per heavy atom. The van der Waals surface area contributed by atoms with E-state index in [4.69, 9.17) is 0 Å². The first-order valence-electron chi connectivity index (χ1n) is 9.41. The molecule has 142 valence electrons. The van der Waals surface area contributed by atoms with Crippen LogP contribution in [0, 0.1) is 12.7 Å². The fourth-order valence-corrected chi connectivity index (χ4v) is 3.34. The Kier molecular flexibility index (Phi) is 6.22. The van der Waals surface area contributed by atoms with E-state index in [-0.39, 0.29) is 23.4 Å². The van der Waals surface area contributed by atoms with Crippen LogP contribution in [0.3, 0.4) is 0 Å². The molecule has 0 saturated carbocycles. The first kappa shape index (κ1) is 19.1. The van der Waals surface area contributed by atoms with Crippen LogP contribution in [0.1, 0.15) is 40.7 Å². The highest BCUT2D eigenvalue weighted by atomic mass is 19.1. The van der Waals surface area contributed by atoms with Crippen molar-refractivity contribution in [3.05, 3.63) is 71.0 Å². The predicted octanol–water partition coefficient (Wildman–Crippen LogP) is 3.49. The van der Waals surface area contributed by atoms with E-state index in [0.29, 0.717) is 32.4 Å². The van der Waals surface area contributed by atoms with Crippen LogP contribution in [0.15, 0.2) is 48.5 Å². The smallest absolute Gasteiger partial charge is 0.256 e. The molecule has 1 aliphatic rings. The van der Waals surface area contributed by atoms with Crippen LogP contribution < -0.4 is 5.32 Å². The maximum absolute atomic E-state index is 13.8. The minimum absolute atomic E-state index is 0.0365. The quantitative estimate of drug-likeness (QED) is 0.878. The first-order valence-corrected chi connectivity index (χ1v) is 9.41. The van der Waals surface area contributed by atoms with Crippen LogP contribution in [0.4, 0.5) is 4.39 Å². The van der Waals surface area contributed by atoms with Gasteiger partial charge >= 0.3 is 0 Å². The van der Waals surface area contributed by atoms with Crippen molar-refractivity contribution in [1.29, 1.82) is 0 Å². The number of rotatable bonds is 5. The standard InChI is InChI=1S/C22H25FN2O2/c1-16-6-8-17(9-7-16)10-11-21(26)24-18-12-14-25(15-13-18)22(27)19-4-2-3-5-20(19)23/h2-9,18H,10-15H2,1H3,(H,24,26). The molecule has 0 aromatic heterocycles. The highest BCUT2D eigenvalue weighted by Gasteiger charge is 2.25. The van der Waals surface area contributed by atoms with Gasteiger partial charge in [-0.25, -0.2) is 4.39 Å². The van der Waals surface area contributed by atoms with Gasteiger partial charge in [0.05, 0.1) is 5.56 Å². The Balaban J connectivity index is 1.43. The normalized spacial score (nSPS) is 14.8. The predicted molar refractivity (Wildman–Crippen MR) is 103 cm³/mol. The molecule has 0 bridgehead atoms.